The van der Waals surface area contributed by atoms with E-state index in [-0.39, 0.29) is 17.9 Å². The van der Waals surface area contributed by atoms with Gasteiger partial charge in [0.15, 0.2) is 11.6 Å². The molecule has 35 heavy (non-hydrogen) atoms. The molecule has 192 valence electrons. The smallest absolute Gasteiger partial charge is 0.233 e. The molecule has 2 atom stereocenters. The van der Waals surface area contributed by atoms with Gasteiger partial charge < -0.3 is 26.0 Å². The first-order chi connectivity index (χ1) is 17.0. The largest absolute Gasteiger partial charge is 0.486 e. The molecule has 0 spiro atoms. The van der Waals surface area contributed by atoms with Crippen LogP contribution < -0.4 is 26.0 Å². The third kappa shape index (κ3) is 7.16. The molecule has 9 heteroatoms. The van der Waals surface area contributed by atoms with Gasteiger partial charge in [-0.3, -0.25) is 0 Å². The second-order valence-electron chi connectivity index (χ2n) is 9.96. The van der Waals surface area contributed by atoms with Gasteiger partial charge in [0.1, 0.15) is 0 Å². The minimum atomic E-state index is -0.426. The molecule has 4 N–H and O–H groups in total. The van der Waals surface area contributed by atoms with Crippen LogP contribution >= 0.6 is 0 Å². The second kappa shape index (κ2) is 12.3. The van der Waals surface area contributed by atoms with Gasteiger partial charge in [-0.1, -0.05) is 32.3 Å². The molecule has 1 aromatic carbocycles. The number of hydrogen-bond acceptors (Lipinski definition) is 8. The molecular formula is C26H40FN7O. The molecule has 1 saturated carbocycles. The highest BCUT2D eigenvalue weighted by Gasteiger charge is 2.24. The highest BCUT2D eigenvalue weighted by Crippen LogP contribution is 2.31. The summed E-state index contributed by atoms with van der Waals surface area (Å²) in [6.45, 7) is 7.79. The maximum Gasteiger partial charge on any atom is 0.233 e. The minimum Gasteiger partial charge on any atom is -0.486 e. The van der Waals surface area contributed by atoms with Crippen LogP contribution in [-0.4, -0.2) is 46.2 Å². The molecule has 0 radical (unpaired) electrons. The van der Waals surface area contributed by atoms with E-state index in [4.69, 9.17) is 4.74 Å². The summed E-state index contributed by atoms with van der Waals surface area (Å²) in [4.78, 5) is 13.9. The Hall–Kier alpha value is -2.68. The number of ether oxygens (including phenoxy) is 1. The van der Waals surface area contributed by atoms with E-state index in [0.717, 1.165) is 25.9 Å². The van der Waals surface area contributed by atoms with Crippen LogP contribution in [0.3, 0.4) is 0 Å². The average molecular weight is 486 g/mol. The van der Waals surface area contributed by atoms with Gasteiger partial charge >= 0.3 is 0 Å². The third-order valence-corrected chi connectivity index (χ3v) is 6.81. The predicted molar refractivity (Wildman–Crippen MR) is 139 cm³/mol. The Kier molecular flexibility index (Phi) is 8.95. The normalized spacial score (nSPS) is 19.5. The summed E-state index contributed by atoms with van der Waals surface area (Å²) >= 11 is 0. The number of para-hydroxylation sites is 1. The molecule has 1 aromatic heterocycles. The van der Waals surface area contributed by atoms with Crippen LogP contribution in [0.5, 0.6) is 5.75 Å². The molecule has 8 nitrogen and oxygen atoms in total. The fourth-order valence-electron chi connectivity index (χ4n) is 4.99. The van der Waals surface area contributed by atoms with E-state index in [1.165, 1.54) is 44.6 Å². The number of aromatic nitrogens is 3. The van der Waals surface area contributed by atoms with Crippen molar-refractivity contribution in [3.8, 4) is 5.75 Å². The van der Waals surface area contributed by atoms with E-state index in [0.29, 0.717) is 35.5 Å². The maximum absolute atomic E-state index is 14.5. The Balaban J connectivity index is 1.57. The van der Waals surface area contributed by atoms with Gasteiger partial charge in [0.2, 0.25) is 17.8 Å². The Morgan fingerprint density at radius 1 is 1.03 bits per heavy atom. The van der Waals surface area contributed by atoms with Crippen molar-refractivity contribution in [2.75, 3.05) is 29.0 Å². The summed E-state index contributed by atoms with van der Waals surface area (Å²) in [6.07, 6.45) is 9.46. The summed E-state index contributed by atoms with van der Waals surface area (Å²) in [5.74, 6) is 1.75. The summed E-state index contributed by atoms with van der Waals surface area (Å²) < 4.78 is 20.3. The van der Waals surface area contributed by atoms with E-state index >= 15 is 0 Å². The monoisotopic (exact) mass is 485 g/mol. The van der Waals surface area contributed by atoms with Gasteiger partial charge in [-0.05, 0) is 70.5 Å². The van der Waals surface area contributed by atoms with Crippen LogP contribution in [0.1, 0.15) is 72.1 Å². The number of nitrogens with zero attached hydrogens (tertiary/aromatic N) is 3. The molecule has 1 aliphatic carbocycles. The number of rotatable bonds is 11. The van der Waals surface area contributed by atoms with Crippen LogP contribution in [0, 0.1) is 11.7 Å². The van der Waals surface area contributed by atoms with Crippen molar-refractivity contribution >= 4 is 23.5 Å². The number of anilines is 4. The molecular weight excluding hydrogens is 445 g/mol. The highest BCUT2D eigenvalue weighted by molar-refractivity contribution is 5.64. The van der Waals surface area contributed by atoms with Crippen LogP contribution in [-0.2, 0) is 0 Å². The Morgan fingerprint density at radius 3 is 2.51 bits per heavy atom. The standard InChI is InChI=1S/C26H40FN7O/c1-4-20(21-14-9-15-28-21)30-25-32-24(29-16-18-10-6-5-7-11-18)33-26(34-25)31-22-13-8-12-19(27)23(22)35-17(2)3/h8,12-13,17-18,20-21,28H,4-7,9-11,14-16H2,1-3H3,(H3,29,30,31,32,33,34). The Labute approximate surface area is 208 Å². The average Bonchev–Trinajstić information content (AvgIpc) is 3.39. The van der Waals surface area contributed by atoms with E-state index in [9.17, 15) is 4.39 Å². The first-order valence-corrected chi connectivity index (χ1v) is 13.2. The van der Waals surface area contributed by atoms with Crippen molar-refractivity contribution in [2.45, 2.75) is 90.3 Å². The van der Waals surface area contributed by atoms with Crippen molar-refractivity contribution < 1.29 is 9.13 Å². The van der Waals surface area contributed by atoms with Crippen LogP contribution in [0.4, 0.5) is 27.9 Å². The third-order valence-electron chi connectivity index (χ3n) is 6.81. The lowest BCUT2D eigenvalue weighted by Crippen LogP contribution is -2.40. The van der Waals surface area contributed by atoms with Gasteiger partial charge in [0, 0.05) is 18.6 Å². The molecule has 2 unspecified atom stereocenters. The zero-order valence-electron chi connectivity index (χ0n) is 21.2. The number of halogens is 1. The number of hydrogen-bond donors (Lipinski definition) is 4. The predicted octanol–water partition coefficient (Wildman–Crippen LogP) is 5.48. The Morgan fingerprint density at radius 2 is 1.80 bits per heavy atom. The van der Waals surface area contributed by atoms with Gasteiger partial charge in [-0.2, -0.15) is 15.0 Å². The number of nitrogens with one attached hydrogen (secondary N) is 4. The van der Waals surface area contributed by atoms with Gasteiger partial charge in [0.25, 0.3) is 0 Å². The van der Waals surface area contributed by atoms with Crippen LogP contribution in [0.25, 0.3) is 0 Å². The van der Waals surface area contributed by atoms with Crippen molar-refractivity contribution in [3.63, 3.8) is 0 Å². The molecule has 0 amide bonds. The number of benzene rings is 1. The molecule has 2 aliphatic rings. The molecule has 1 aliphatic heterocycles. The summed E-state index contributed by atoms with van der Waals surface area (Å²) in [6, 6.07) is 5.41. The van der Waals surface area contributed by atoms with Gasteiger partial charge in [-0.25, -0.2) is 4.39 Å². The molecule has 1 saturated heterocycles. The minimum absolute atomic E-state index is 0.163. The molecule has 2 aromatic rings. The SMILES string of the molecule is CCC(Nc1nc(NCC2CCCCC2)nc(Nc2cccc(F)c2OC(C)C)n1)C1CCCN1. The van der Waals surface area contributed by atoms with Gasteiger partial charge in [0.05, 0.1) is 11.8 Å². The summed E-state index contributed by atoms with van der Waals surface area (Å²) in [5, 5.41) is 13.7. The summed E-state index contributed by atoms with van der Waals surface area (Å²) in [5.41, 5.74) is 0.485. The lowest BCUT2D eigenvalue weighted by molar-refractivity contribution is 0.232. The summed E-state index contributed by atoms with van der Waals surface area (Å²) in [7, 11) is 0. The zero-order chi connectivity index (χ0) is 24.6. The van der Waals surface area contributed by atoms with E-state index in [1.807, 2.05) is 13.8 Å². The topological polar surface area (TPSA) is 96.0 Å². The van der Waals surface area contributed by atoms with Crippen molar-refractivity contribution in [3.05, 3.63) is 24.0 Å². The van der Waals surface area contributed by atoms with Crippen molar-refractivity contribution in [2.24, 2.45) is 5.92 Å². The van der Waals surface area contributed by atoms with E-state index < -0.39 is 5.82 Å². The Bertz CT molecular complexity index is 945. The van der Waals surface area contributed by atoms with Crippen LogP contribution in [0.15, 0.2) is 18.2 Å². The fraction of sp³-hybridized carbons (Fsp3) is 0.654. The van der Waals surface area contributed by atoms with E-state index in [2.05, 4.69) is 43.1 Å². The van der Waals surface area contributed by atoms with Crippen LogP contribution in [0.2, 0.25) is 0 Å². The first-order valence-electron chi connectivity index (χ1n) is 13.2. The molecule has 4 rings (SSSR count). The quantitative estimate of drug-likeness (QED) is 0.332. The zero-order valence-corrected chi connectivity index (χ0v) is 21.2. The molecule has 2 heterocycles. The van der Waals surface area contributed by atoms with E-state index in [1.54, 1.807) is 12.1 Å². The van der Waals surface area contributed by atoms with Gasteiger partial charge in [-0.15, -0.1) is 0 Å². The second-order valence-corrected chi connectivity index (χ2v) is 9.96. The van der Waals surface area contributed by atoms with Crippen molar-refractivity contribution in [1.82, 2.24) is 20.3 Å². The first kappa shape index (κ1) is 25.4. The molecule has 0 bridgehead atoms. The maximum atomic E-state index is 14.5. The molecule has 2 fully saturated rings. The fourth-order valence-corrected chi connectivity index (χ4v) is 4.99. The lowest BCUT2D eigenvalue weighted by atomic mass is 9.89. The van der Waals surface area contributed by atoms with Crippen molar-refractivity contribution in [1.29, 1.82) is 0 Å². The highest BCUT2D eigenvalue weighted by atomic mass is 19.1. The lowest BCUT2D eigenvalue weighted by Gasteiger charge is -2.24.